The molecule has 0 aromatic carbocycles. The van der Waals surface area contributed by atoms with Crippen molar-refractivity contribution in [1.82, 2.24) is 10.2 Å². The van der Waals surface area contributed by atoms with E-state index in [4.69, 9.17) is 0 Å². The van der Waals surface area contributed by atoms with Crippen LogP contribution >= 0.6 is 11.8 Å². The number of rotatable bonds is 2. The van der Waals surface area contributed by atoms with Crippen LogP contribution < -0.4 is 5.32 Å². The number of likely N-dealkylation sites (N-methyl/N-ethyl adjacent to an activating group) is 1. The first-order valence-electron chi connectivity index (χ1n) is 5.32. The maximum Gasteiger partial charge on any atom is 0.243 e. The summed E-state index contributed by atoms with van der Waals surface area (Å²) in [7, 11) is 0. The Morgan fingerprint density at radius 1 is 1.73 bits per heavy atom. The smallest absolute Gasteiger partial charge is 0.243 e. The fraction of sp³-hybridized carbons (Fsp3) is 0.800. The van der Waals surface area contributed by atoms with Gasteiger partial charge in [0.25, 0.3) is 0 Å². The third kappa shape index (κ3) is 1.62. The Morgan fingerprint density at radius 2 is 2.47 bits per heavy atom. The van der Waals surface area contributed by atoms with Crippen LogP contribution in [0.2, 0.25) is 0 Å². The number of nitrogens with zero attached hydrogens (tertiary/aromatic N) is 1. The molecule has 0 radical (unpaired) electrons. The molecule has 1 N–H and O–H groups in total. The number of carbonyl (C=O) groups excluding carboxylic acids is 2. The molecule has 2 atom stereocenters. The lowest BCUT2D eigenvalue weighted by molar-refractivity contribution is -0.137. The van der Waals surface area contributed by atoms with Crippen LogP contribution in [0.5, 0.6) is 0 Å². The molecule has 0 aromatic rings. The van der Waals surface area contributed by atoms with Crippen molar-refractivity contribution in [3.8, 4) is 0 Å². The van der Waals surface area contributed by atoms with E-state index in [1.54, 1.807) is 16.7 Å². The molecule has 0 unspecified atom stereocenters. The standard InChI is InChI=1S/C10H16N2O2S/c1-3-11-9(14)7-6-15-10(2)5-4-8(13)12(7)10/h7H,3-6H2,1-2H3,(H,11,14)/t7-,10-/m0/s1. The van der Waals surface area contributed by atoms with Crippen molar-refractivity contribution in [2.75, 3.05) is 12.3 Å². The Morgan fingerprint density at radius 3 is 3.13 bits per heavy atom. The first kappa shape index (κ1) is 10.8. The topological polar surface area (TPSA) is 49.4 Å². The van der Waals surface area contributed by atoms with Gasteiger partial charge in [0.05, 0.1) is 4.87 Å². The van der Waals surface area contributed by atoms with Crippen molar-refractivity contribution in [3.63, 3.8) is 0 Å². The van der Waals surface area contributed by atoms with E-state index in [0.717, 1.165) is 12.2 Å². The number of hydrogen-bond acceptors (Lipinski definition) is 3. The zero-order valence-corrected chi connectivity index (χ0v) is 9.89. The summed E-state index contributed by atoms with van der Waals surface area (Å²) in [6.07, 6.45) is 1.45. The summed E-state index contributed by atoms with van der Waals surface area (Å²) in [5, 5.41) is 2.79. The molecule has 4 nitrogen and oxygen atoms in total. The van der Waals surface area contributed by atoms with E-state index in [0.29, 0.717) is 13.0 Å². The molecule has 0 saturated carbocycles. The van der Waals surface area contributed by atoms with Gasteiger partial charge in [-0.1, -0.05) is 0 Å². The lowest BCUT2D eigenvalue weighted by atomic mass is 10.2. The van der Waals surface area contributed by atoms with Gasteiger partial charge >= 0.3 is 0 Å². The third-order valence-corrected chi connectivity index (χ3v) is 4.60. The van der Waals surface area contributed by atoms with Crippen LogP contribution in [0.3, 0.4) is 0 Å². The summed E-state index contributed by atoms with van der Waals surface area (Å²) in [5.41, 5.74) is 0. The molecular weight excluding hydrogens is 212 g/mol. The molecule has 5 heteroatoms. The maximum atomic E-state index is 11.8. The van der Waals surface area contributed by atoms with Crippen LogP contribution in [0.1, 0.15) is 26.7 Å². The Kier molecular flexibility index (Phi) is 2.66. The molecule has 2 saturated heterocycles. The monoisotopic (exact) mass is 228 g/mol. The van der Waals surface area contributed by atoms with E-state index in [1.807, 2.05) is 6.92 Å². The second-order valence-corrected chi connectivity index (χ2v) is 5.66. The normalized spacial score (nSPS) is 34.4. The first-order valence-corrected chi connectivity index (χ1v) is 6.31. The van der Waals surface area contributed by atoms with Crippen molar-refractivity contribution < 1.29 is 9.59 Å². The van der Waals surface area contributed by atoms with Crippen LogP contribution in [-0.2, 0) is 9.59 Å². The van der Waals surface area contributed by atoms with Gasteiger partial charge in [0.15, 0.2) is 0 Å². The van der Waals surface area contributed by atoms with Crippen molar-refractivity contribution >= 4 is 23.6 Å². The maximum absolute atomic E-state index is 11.8. The minimum atomic E-state index is -0.255. The third-order valence-electron chi connectivity index (χ3n) is 3.10. The fourth-order valence-electron chi connectivity index (χ4n) is 2.31. The average molecular weight is 228 g/mol. The van der Waals surface area contributed by atoms with Crippen molar-refractivity contribution in [2.24, 2.45) is 0 Å². The molecular formula is C10H16N2O2S. The number of fused-ring (bicyclic) bond motifs is 1. The highest BCUT2D eigenvalue weighted by Gasteiger charge is 2.52. The van der Waals surface area contributed by atoms with Gasteiger partial charge in [-0.2, -0.15) is 0 Å². The highest BCUT2D eigenvalue weighted by molar-refractivity contribution is 8.01. The van der Waals surface area contributed by atoms with Crippen molar-refractivity contribution in [1.29, 1.82) is 0 Å². The summed E-state index contributed by atoms with van der Waals surface area (Å²) in [5.74, 6) is 0.844. The largest absolute Gasteiger partial charge is 0.355 e. The Hall–Kier alpha value is -0.710. The van der Waals surface area contributed by atoms with E-state index in [9.17, 15) is 9.59 Å². The van der Waals surface area contributed by atoms with Gasteiger partial charge in [-0.3, -0.25) is 9.59 Å². The SMILES string of the molecule is CCNC(=O)[C@@H]1CS[C@@]2(C)CCC(=O)N12. The molecule has 2 heterocycles. The van der Waals surface area contributed by atoms with Gasteiger partial charge in [0, 0.05) is 18.7 Å². The predicted octanol–water partition coefficient (Wildman–Crippen LogP) is 0.576. The molecule has 0 spiro atoms. The lowest BCUT2D eigenvalue weighted by Crippen LogP contribution is -2.50. The average Bonchev–Trinajstić information content (AvgIpc) is 2.66. The fourth-order valence-corrected chi connectivity index (χ4v) is 3.74. The van der Waals surface area contributed by atoms with Gasteiger partial charge < -0.3 is 10.2 Å². The Bertz CT molecular complexity index is 308. The van der Waals surface area contributed by atoms with Gasteiger partial charge in [0.2, 0.25) is 11.8 Å². The second-order valence-electron chi connectivity index (χ2n) is 4.16. The molecule has 2 aliphatic rings. The molecule has 2 rings (SSSR count). The van der Waals surface area contributed by atoms with Gasteiger partial charge in [0.1, 0.15) is 6.04 Å². The highest BCUT2D eigenvalue weighted by atomic mass is 32.2. The highest BCUT2D eigenvalue weighted by Crippen LogP contribution is 2.47. The molecule has 84 valence electrons. The molecule has 0 aromatic heterocycles. The van der Waals surface area contributed by atoms with E-state index in [-0.39, 0.29) is 22.7 Å². The van der Waals surface area contributed by atoms with E-state index in [1.165, 1.54) is 0 Å². The van der Waals surface area contributed by atoms with Crippen LogP contribution in [0.15, 0.2) is 0 Å². The lowest BCUT2D eigenvalue weighted by Gasteiger charge is -2.29. The van der Waals surface area contributed by atoms with E-state index >= 15 is 0 Å². The number of amides is 2. The number of hydrogen-bond donors (Lipinski definition) is 1. The van der Waals surface area contributed by atoms with E-state index < -0.39 is 0 Å². The van der Waals surface area contributed by atoms with Crippen LogP contribution in [-0.4, -0.2) is 39.9 Å². The Labute approximate surface area is 93.8 Å². The molecule has 15 heavy (non-hydrogen) atoms. The number of carbonyl (C=O) groups is 2. The van der Waals surface area contributed by atoms with Gasteiger partial charge in [-0.25, -0.2) is 0 Å². The zero-order valence-electron chi connectivity index (χ0n) is 9.08. The van der Waals surface area contributed by atoms with Crippen molar-refractivity contribution in [3.05, 3.63) is 0 Å². The molecule has 2 amide bonds. The first-order chi connectivity index (χ1) is 7.08. The van der Waals surface area contributed by atoms with Gasteiger partial charge in [-0.15, -0.1) is 11.8 Å². The minimum Gasteiger partial charge on any atom is -0.355 e. The van der Waals surface area contributed by atoms with Crippen LogP contribution in [0.25, 0.3) is 0 Å². The minimum absolute atomic E-state index is 0.0102. The number of thioether (sulfide) groups is 1. The Balaban J connectivity index is 2.16. The number of nitrogens with one attached hydrogen (secondary N) is 1. The van der Waals surface area contributed by atoms with E-state index in [2.05, 4.69) is 12.2 Å². The van der Waals surface area contributed by atoms with Crippen molar-refractivity contribution in [2.45, 2.75) is 37.6 Å². The summed E-state index contributed by atoms with van der Waals surface area (Å²) in [6.45, 7) is 4.57. The molecule has 2 aliphatic heterocycles. The summed E-state index contributed by atoms with van der Waals surface area (Å²) in [6, 6.07) is -0.255. The zero-order chi connectivity index (χ0) is 11.1. The summed E-state index contributed by atoms with van der Waals surface area (Å²) < 4.78 is 0. The molecule has 2 fully saturated rings. The quantitative estimate of drug-likeness (QED) is 0.752. The summed E-state index contributed by atoms with van der Waals surface area (Å²) >= 11 is 1.73. The molecule has 0 aliphatic carbocycles. The van der Waals surface area contributed by atoms with Crippen LogP contribution in [0.4, 0.5) is 0 Å². The summed E-state index contributed by atoms with van der Waals surface area (Å²) in [4.78, 5) is 25.1. The predicted molar refractivity (Wildman–Crippen MR) is 59.4 cm³/mol. The van der Waals surface area contributed by atoms with Crippen LogP contribution in [0, 0.1) is 0 Å². The van der Waals surface area contributed by atoms with Gasteiger partial charge in [-0.05, 0) is 20.3 Å². The molecule has 0 bridgehead atoms. The second kappa shape index (κ2) is 3.70.